The van der Waals surface area contributed by atoms with Gasteiger partial charge in [-0.1, -0.05) is 0 Å². The van der Waals surface area contributed by atoms with Crippen LogP contribution in [0.15, 0.2) is 59.7 Å². The second-order valence-electron chi connectivity index (χ2n) is 11.7. The van der Waals surface area contributed by atoms with Crippen LogP contribution in [0.1, 0.15) is 70.0 Å². The second-order valence-corrected chi connectivity index (χ2v) is 42.2. The summed E-state index contributed by atoms with van der Waals surface area (Å²) in [4.78, 5) is 0. The normalized spacial score (nSPS) is 19.7. The summed E-state index contributed by atoms with van der Waals surface area (Å²) in [6, 6.07) is 18.5. The van der Waals surface area contributed by atoms with E-state index in [1.54, 1.807) is 22.3 Å². The fraction of sp³-hybridized carbons (Fsp3) is 0.429. The quantitative estimate of drug-likeness (QED) is 0.307. The van der Waals surface area contributed by atoms with Crippen LogP contribution in [0.3, 0.4) is 0 Å². The van der Waals surface area contributed by atoms with Crippen molar-refractivity contribution < 1.29 is 17.4 Å². The van der Waals surface area contributed by atoms with E-state index in [1.807, 2.05) is 0 Å². The van der Waals surface area contributed by atoms with Crippen LogP contribution in [0, 0.1) is 11.8 Å². The van der Waals surface area contributed by atoms with E-state index in [-0.39, 0.29) is 24.8 Å². The van der Waals surface area contributed by atoms with E-state index < -0.39 is 17.4 Å². The van der Waals surface area contributed by atoms with Gasteiger partial charge in [0.05, 0.1) is 0 Å². The fourth-order valence-corrected chi connectivity index (χ4v) is 26.3. The smallest absolute Gasteiger partial charge is 0.147 e. The summed E-state index contributed by atoms with van der Waals surface area (Å²) in [5.41, 5.74) is 9.62. The van der Waals surface area contributed by atoms with Gasteiger partial charge in [-0.3, -0.25) is 0 Å². The first-order valence-electron chi connectivity index (χ1n) is 11.7. The van der Waals surface area contributed by atoms with Gasteiger partial charge in [0, 0.05) is 0 Å². The van der Waals surface area contributed by atoms with Crippen molar-refractivity contribution in [1.29, 1.82) is 0 Å². The summed E-state index contributed by atoms with van der Waals surface area (Å²) in [5.74, 6) is 1.40. The summed E-state index contributed by atoms with van der Waals surface area (Å²) < 4.78 is 6.83. The minimum atomic E-state index is -3.35. The molecule has 0 aromatic heterocycles. The molecule has 0 N–H and O–H groups in total. The molecule has 32 heavy (non-hydrogen) atoms. The van der Waals surface area contributed by atoms with Gasteiger partial charge in [-0.05, 0) is 0 Å². The summed E-state index contributed by atoms with van der Waals surface area (Å²) in [6.45, 7) is 12.0. The van der Waals surface area contributed by atoms with Crippen molar-refractivity contribution in [1.82, 2.24) is 0 Å². The largest absolute Gasteiger partial charge is 0.147 e. The maximum absolute atomic E-state index is 3.35. The Morgan fingerprint density at radius 1 is 0.688 bits per heavy atom. The molecule has 2 aromatic carbocycles. The molecular formula is C28H40Cl2SiZr. The first-order chi connectivity index (χ1) is 14.1. The first-order valence-corrected chi connectivity index (χ1v) is 25.4. The van der Waals surface area contributed by atoms with Crippen molar-refractivity contribution in [2.75, 3.05) is 0 Å². The summed E-state index contributed by atoms with van der Waals surface area (Å²) >= 11 is -3.35. The molecule has 2 unspecified atom stereocenters. The topological polar surface area (TPSA) is 0 Å². The van der Waals surface area contributed by atoms with Gasteiger partial charge in [0.2, 0.25) is 0 Å². The molecule has 2 aliphatic rings. The van der Waals surface area contributed by atoms with Crippen molar-refractivity contribution in [2.24, 2.45) is 11.8 Å². The van der Waals surface area contributed by atoms with Crippen LogP contribution in [0.25, 0.3) is 12.2 Å². The Bertz CT molecular complexity index is 1020. The molecule has 174 valence electrons. The molecule has 4 heteroatoms. The van der Waals surface area contributed by atoms with Gasteiger partial charge in [-0.25, -0.2) is 0 Å². The first kappa shape index (κ1) is 27.8. The average Bonchev–Trinajstić information content (AvgIpc) is 3.18. The molecule has 0 aliphatic heterocycles. The summed E-state index contributed by atoms with van der Waals surface area (Å²) in [5, 5.41) is 0. The number of halogens is 2. The average molecular weight is 567 g/mol. The van der Waals surface area contributed by atoms with Crippen molar-refractivity contribution in [3.8, 4) is 0 Å². The van der Waals surface area contributed by atoms with Crippen molar-refractivity contribution in [3.05, 3.63) is 81.9 Å². The van der Waals surface area contributed by atoms with Crippen LogP contribution in [-0.2, 0) is 17.4 Å². The summed E-state index contributed by atoms with van der Waals surface area (Å²) in [6.07, 6.45) is 7.56. The van der Waals surface area contributed by atoms with Gasteiger partial charge in [-0.15, -0.1) is 24.8 Å². The van der Waals surface area contributed by atoms with Crippen molar-refractivity contribution in [3.63, 3.8) is 0 Å². The van der Waals surface area contributed by atoms with Crippen LogP contribution in [0.5, 0.6) is 0 Å². The maximum Gasteiger partial charge on any atom is -0.147 e. The Morgan fingerprint density at radius 3 is 1.38 bits per heavy atom. The van der Waals surface area contributed by atoms with Gasteiger partial charge >= 0.3 is 187 Å². The van der Waals surface area contributed by atoms with Crippen LogP contribution in [0.2, 0.25) is 9.26 Å². The van der Waals surface area contributed by atoms with Crippen LogP contribution in [-0.4, -0.2) is 6.88 Å². The number of benzene rings is 2. The molecule has 0 fully saturated rings. The second kappa shape index (κ2) is 10.1. The van der Waals surface area contributed by atoms with E-state index >= 15 is 0 Å². The predicted molar refractivity (Wildman–Crippen MR) is 148 cm³/mol. The third-order valence-electron chi connectivity index (χ3n) is 7.22. The predicted octanol–water partition coefficient (Wildman–Crippen LogP) is 8.53. The molecule has 0 bridgehead atoms. The van der Waals surface area contributed by atoms with Crippen molar-refractivity contribution >= 4 is 43.8 Å². The molecule has 0 heterocycles. The molecule has 0 amide bonds. The molecule has 0 spiro atoms. The number of hydrogen-bond acceptors (Lipinski definition) is 0. The third kappa shape index (κ3) is 5.00. The number of fused-ring (bicyclic) bond motifs is 2. The molecular weight excluding hydrogens is 527 g/mol. The fourth-order valence-electron chi connectivity index (χ4n) is 6.48. The molecule has 2 aromatic rings. The number of hydrogen-bond donors (Lipinski definition) is 0. The van der Waals surface area contributed by atoms with E-state index in [4.69, 9.17) is 0 Å². The molecule has 0 nitrogen and oxygen atoms in total. The van der Waals surface area contributed by atoms with E-state index in [0.717, 1.165) is 0 Å². The Kier molecular flexibility index (Phi) is 8.76. The molecule has 0 saturated carbocycles. The Balaban J connectivity index is 0.00000181. The minimum absolute atomic E-state index is 0. The third-order valence-corrected chi connectivity index (χ3v) is 24.7. The van der Waals surface area contributed by atoms with Gasteiger partial charge in [0.15, 0.2) is 0 Å². The van der Waals surface area contributed by atoms with Gasteiger partial charge in [-0.2, -0.15) is 0 Å². The molecule has 0 saturated heterocycles. The molecule has 0 radical (unpaired) electrons. The van der Waals surface area contributed by atoms with E-state index in [1.165, 1.54) is 24.0 Å². The molecule has 4 rings (SSSR count). The van der Waals surface area contributed by atoms with Crippen molar-refractivity contribution in [2.45, 2.75) is 57.1 Å². The zero-order valence-electron chi connectivity index (χ0n) is 20.5. The van der Waals surface area contributed by atoms with Gasteiger partial charge in [0.1, 0.15) is 0 Å². The zero-order valence-corrected chi connectivity index (χ0v) is 26.0. The van der Waals surface area contributed by atoms with Gasteiger partial charge < -0.3 is 0 Å². The summed E-state index contributed by atoms with van der Waals surface area (Å²) in [7, 11) is 0. The standard InChI is InChI=1S/2C13H15.2CH3.2ClH.H2Si.Zr/c2*1-10(2)7-11-8-12-5-3-4-6-13(12)9-11;;;;;;/h2*3-6,8-10H,7H2,1-2H3;2*1H3;2*1H;1H2;. The number of allylic oxidation sites excluding steroid dienone is 2. The SMILES string of the molecule is CC(C)CC1=Cc2ccccc2[CH]1[Zr]([CH3])([CH3])(=[SiH2])[CH]1C(CC(C)C)=Cc2ccccc21.Cl.Cl. The minimum Gasteiger partial charge on any atom is -0.147 e. The van der Waals surface area contributed by atoms with Crippen LogP contribution < -0.4 is 0 Å². The monoisotopic (exact) mass is 564 g/mol. The Hall–Kier alpha value is -0.400. The zero-order chi connectivity index (χ0) is 21.7. The number of rotatable bonds is 6. The van der Waals surface area contributed by atoms with Gasteiger partial charge in [0.25, 0.3) is 0 Å². The van der Waals surface area contributed by atoms with E-state index in [9.17, 15) is 0 Å². The Labute approximate surface area is 210 Å². The Morgan fingerprint density at radius 2 is 1.03 bits per heavy atom. The molecule has 2 aliphatic carbocycles. The van der Waals surface area contributed by atoms with Crippen LogP contribution >= 0.6 is 24.8 Å². The molecule has 2 atom stereocenters. The maximum atomic E-state index is 2.77. The van der Waals surface area contributed by atoms with E-state index in [2.05, 4.69) is 105 Å². The van der Waals surface area contributed by atoms with E-state index in [0.29, 0.717) is 19.1 Å². The van der Waals surface area contributed by atoms with Crippen LogP contribution in [0.4, 0.5) is 0 Å².